The number of alkyl halides is 3. The van der Waals surface area contributed by atoms with Crippen molar-refractivity contribution < 1.29 is 13.2 Å². The lowest BCUT2D eigenvalue weighted by Gasteiger charge is -2.25. The summed E-state index contributed by atoms with van der Waals surface area (Å²) in [5.74, 6) is -0.324. The van der Waals surface area contributed by atoms with E-state index in [1.165, 1.54) is 11.0 Å². The molecule has 1 saturated carbocycles. The van der Waals surface area contributed by atoms with Crippen LogP contribution in [0.2, 0.25) is 0 Å². The van der Waals surface area contributed by atoms with Gasteiger partial charge in [0.2, 0.25) is 5.82 Å². The highest BCUT2D eigenvalue weighted by atomic mass is 19.4. The molecule has 0 amide bonds. The van der Waals surface area contributed by atoms with Crippen molar-refractivity contribution in [2.45, 2.75) is 57.8 Å². The first-order valence-electron chi connectivity index (χ1n) is 7.42. The Morgan fingerprint density at radius 3 is 2.65 bits per heavy atom. The third-order valence-electron chi connectivity index (χ3n) is 4.41. The van der Waals surface area contributed by atoms with E-state index in [0.717, 1.165) is 37.9 Å². The number of nitrogens with zero attached hydrogens (tertiary/aromatic N) is 2. The second-order valence-electron chi connectivity index (χ2n) is 5.87. The number of imidazole rings is 1. The molecule has 1 aromatic heterocycles. The largest absolute Gasteiger partial charge is 0.449 e. The summed E-state index contributed by atoms with van der Waals surface area (Å²) in [6, 6.07) is 0. The molecule has 3 nitrogen and oxygen atoms in total. The predicted octanol–water partition coefficient (Wildman–Crippen LogP) is 3.13. The number of rotatable bonds is 2. The maximum absolute atomic E-state index is 13.2. The number of halogens is 3. The zero-order valence-corrected chi connectivity index (χ0v) is 11.5. The van der Waals surface area contributed by atoms with Crippen molar-refractivity contribution >= 4 is 0 Å². The quantitative estimate of drug-likeness (QED) is 0.905. The molecule has 112 valence electrons. The van der Waals surface area contributed by atoms with Crippen LogP contribution in [0.15, 0.2) is 0 Å². The fourth-order valence-electron chi connectivity index (χ4n) is 3.41. The van der Waals surface area contributed by atoms with Gasteiger partial charge < -0.3 is 9.88 Å². The maximum Gasteiger partial charge on any atom is 0.449 e. The normalized spacial score (nSPS) is 20.9. The summed E-state index contributed by atoms with van der Waals surface area (Å²) in [5.41, 5.74) is 1.38. The second-order valence-corrected chi connectivity index (χ2v) is 5.87. The summed E-state index contributed by atoms with van der Waals surface area (Å²) in [6.45, 7) is 1.67. The molecule has 0 atom stereocenters. The fourth-order valence-corrected chi connectivity index (χ4v) is 3.41. The van der Waals surface area contributed by atoms with E-state index >= 15 is 0 Å². The average molecular weight is 287 g/mol. The van der Waals surface area contributed by atoms with Gasteiger partial charge in [-0.3, -0.25) is 0 Å². The van der Waals surface area contributed by atoms with Gasteiger partial charge in [0.05, 0.1) is 5.69 Å². The zero-order chi connectivity index (χ0) is 14.2. The van der Waals surface area contributed by atoms with Gasteiger partial charge in [-0.2, -0.15) is 13.2 Å². The molecule has 0 unspecified atom stereocenters. The lowest BCUT2D eigenvalue weighted by Crippen LogP contribution is -2.27. The molecule has 2 heterocycles. The summed E-state index contributed by atoms with van der Waals surface area (Å²) in [4.78, 5) is 3.86. The standard InChI is InChI=1S/C14H20F3N3/c15-14(16,17)13-19-11-8-18-7-6-12(11)20(13)9-10-4-2-1-3-5-10/h10,18H,1-9H2. The Hall–Kier alpha value is -1.04. The Morgan fingerprint density at radius 2 is 1.95 bits per heavy atom. The van der Waals surface area contributed by atoms with Crippen LogP contribution in [0.3, 0.4) is 0 Å². The first-order valence-corrected chi connectivity index (χ1v) is 7.42. The van der Waals surface area contributed by atoms with E-state index in [0.29, 0.717) is 31.1 Å². The molecule has 1 aliphatic heterocycles. The van der Waals surface area contributed by atoms with E-state index < -0.39 is 12.0 Å². The molecule has 1 aliphatic carbocycles. The first kappa shape index (κ1) is 13.9. The highest BCUT2D eigenvalue weighted by molar-refractivity contribution is 5.21. The van der Waals surface area contributed by atoms with Crippen molar-refractivity contribution in [3.63, 3.8) is 0 Å². The summed E-state index contributed by atoms with van der Waals surface area (Å²) >= 11 is 0. The minimum Gasteiger partial charge on any atom is -0.324 e. The minimum absolute atomic E-state index is 0.373. The molecule has 3 rings (SSSR count). The van der Waals surface area contributed by atoms with Crippen LogP contribution < -0.4 is 5.32 Å². The molecule has 0 spiro atoms. The van der Waals surface area contributed by atoms with E-state index in [-0.39, 0.29) is 0 Å². The van der Waals surface area contributed by atoms with Gasteiger partial charge in [-0.25, -0.2) is 4.98 Å². The van der Waals surface area contributed by atoms with Crippen molar-refractivity contribution in [1.82, 2.24) is 14.9 Å². The monoisotopic (exact) mass is 287 g/mol. The molecule has 1 aromatic rings. The molecule has 2 aliphatic rings. The van der Waals surface area contributed by atoms with E-state index in [9.17, 15) is 13.2 Å². The Bertz CT molecular complexity index is 473. The Kier molecular flexibility index (Phi) is 3.75. The van der Waals surface area contributed by atoms with Crippen molar-refractivity contribution in [1.29, 1.82) is 0 Å². The van der Waals surface area contributed by atoms with Crippen molar-refractivity contribution in [3.05, 3.63) is 17.2 Å². The topological polar surface area (TPSA) is 29.9 Å². The van der Waals surface area contributed by atoms with Crippen LogP contribution in [0.4, 0.5) is 13.2 Å². The number of aromatic nitrogens is 2. The molecule has 0 saturated heterocycles. The summed E-state index contributed by atoms with van der Waals surface area (Å²) < 4.78 is 41.0. The van der Waals surface area contributed by atoms with Crippen molar-refractivity contribution in [2.24, 2.45) is 5.92 Å². The molecule has 0 aromatic carbocycles. The molecule has 20 heavy (non-hydrogen) atoms. The van der Waals surface area contributed by atoms with Crippen LogP contribution in [-0.4, -0.2) is 16.1 Å². The Morgan fingerprint density at radius 1 is 1.20 bits per heavy atom. The fraction of sp³-hybridized carbons (Fsp3) is 0.786. The molecule has 0 bridgehead atoms. The zero-order valence-electron chi connectivity index (χ0n) is 11.5. The predicted molar refractivity (Wildman–Crippen MR) is 69.2 cm³/mol. The average Bonchev–Trinajstić information content (AvgIpc) is 2.79. The van der Waals surface area contributed by atoms with Gasteiger partial charge in [0.15, 0.2) is 0 Å². The van der Waals surface area contributed by atoms with E-state index in [1.807, 2.05) is 0 Å². The SMILES string of the molecule is FC(F)(F)c1nc2c(n1CC1CCCCC1)CCNC2. The number of nitrogens with one attached hydrogen (secondary N) is 1. The van der Waals surface area contributed by atoms with Crippen molar-refractivity contribution in [2.75, 3.05) is 6.54 Å². The van der Waals surface area contributed by atoms with Gasteiger partial charge in [0.1, 0.15) is 0 Å². The van der Waals surface area contributed by atoms with Gasteiger partial charge in [-0.15, -0.1) is 0 Å². The summed E-state index contributed by atoms with van der Waals surface area (Å²) in [5, 5.41) is 3.09. The maximum atomic E-state index is 13.2. The van der Waals surface area contributed by atoms with E-state index in [4.69, 9.17) is 0 Å². The lowest BCUT2D eigenvalue weighted by atomic mass is 9.89. The Balaban J connectivity index is 1.91. The molecule has 1 fully saturated rings. The minimum atomic E-state index is -4.36. The van der Waals surface area contributed by atoms with E-state index in [1.54, 1.807) is 0 Å². The first-order chi connectivity index (χ1) is 9.55. The van der Waals surface area contributed by atoms with Crippen LogP contribution in [-0.2, 0) is 25.7 Å². The highest BCUT2D eigenvalue weighted by Crippen LogP contribution is 2.34. The smallest absolute Gasteiger partial charge is 0.324 e. The van der Waals surface area contributed by atoms with Crippen LogP contribution in [0.5, 0.6) is 0 Å². The van der Waals surface area contributed by atoms with Gasteiger partial charge >= 0.3 is 6.18 Å². The second kappa shape index (κ2) is 5.39. The van der Waals surface area contributed by atoms with Gasteiger partial charge in [-0.1, -0.05) is 19.3 Å². The Labute approximate surface area is 116 Å². The number of fused-ring (bicyclic) bond motifs is 1. The summed E-state index contributed by atoms with van der Waals surface area (Å²) in [6.07, 6.45) is 1.88. The van der Waals surface area contributed by atoms with Crippen LogP contribution >= 0.6 is 0 Å². The van der Waals surface area contributed by atoms with E-state index in [2.05, 4.69) is 10.3 Å². The number of hydrogen-bond acceptors (Lipinski definition) is 2. The van der Waals surface area contributed by atoms with Crippen LogP contribution in [0.25, 0.3) is 0 Å². The molecule has 1 N–H and O–H groups in total. The number of hydrogen-bond donors (Lipinski definition) is 1. The van der Waals surface area contributed by atoms with Crippen LogP contribution in [0, 0.1) is 5.92 Å². The van der Waals surface area contributed by atoms with Gasteiger partial charge in [0, 0.05) is 31.7 Å². The van der Waals surface area contributed by atoms with Crippen LogP contribution in [0.1, 0.15) is 49.3 Å². The summed E-state index contributed by atoms with van der Waals surface area (Å²) in [7, 11) is 0. The molecule has 6 heteroatoms. The third kappa shape index (κ3) is 2.71. The third-order valence-corrected chi connectivity index (χ3v) is 4.41. The van der Waals surface area contributed by atoms with Crippen molar-refractivity contribution in [3.8, 4) is 0 Å². The molecule has 0 radical (unpaired) electrons. The highest BCUT2D eigenvalue weighted by Gasteiger charge is 2.39. The van der Waals surface area contributed by atoms with Gasteiger partial charge in [0.25, 0.3) is 0 Å². The molecular weight excluding hydrogens is 267 g/mol. The van der Waals surface area contributed by atoms with Gasteiger partial charge in [-0.05, 0) is 18.8 Å². The lowest BCUT2D eigenvalue weighted by molar-refractivity contribution is -0.147. The molecular formula is C14H20F3N3.